The van der Waals surface area contributed by atoms with Gasteiger partial charge in [-0.15, -0.1) is 0 Å². The lowest BCUT2D eigenvalue weighted by Crippen LogP contribution is -2.46. The van der Waals surface area contributed by atoms with E-state index in [4.69, 9.17) is 16.3 Å². The van der Waals surface area contributed by atoms with Crippen LogP contribution in [-0.4, -0.2) is 31.5 Å². The molecule has 0 bridgehead atoms. The Kier molecular flexibility index (Phi) is 6.60. The van der Waals surface area contributed by atoms with Crippen LogP contribution in [0.4, 0.5) is 13.2 Å². The molecule has 2 unspecified atom stereocenters. The van der Waals surface area contributed by atoms with Gasteiger partial charge >= 0.3 is 17.8 Å². The van der Waals surface area contributed by atoms with Crippen LogP contribution in [0.1, 0.15) is 34.3 Å². The number of carboxylic acids is 1. The van der Waals surface area contributed by atoms with Gasteiger partial charge in [-0.3, -0.25) is 9.13 Å². The summed E-state index contributed by atoms with van der Waals surface area (Å²) in [5.74, 6) is -2.65. The number of nitrogens with zero attached hydrogens (tertiary/aromatic N) is 2. The van der Waals surface area contributed by atoms with Crippen LogP contribution in [-0.2, 0) is 19.7 Å². The number of aromatic nitrogens is 2. The van der Waals surface area contributed by atoms with E-state index in [-0.39, 0.29) is 33.2 Å². The van der Waals surface area contributed by atoms with Crippen LogP contribution in [0.3, 0.4) is 0 Å². The average Bonchev–Trinajstić information content (AvgIpc) is 3.06. The van der Waals surface area contributed by atoms with Crippen LogP contribution in [0, 0.1) is 0 Å². The highest BCUT2D eigenvalue weighted by atomic mass is 35.5. The zero-order valence-electron chi connectivity index (χ0n) is 19.9. The summed E-state index contributed by atoms with van der Waals surface area (Å²) in [6.07, 6.45) is -5.10. The maximum absolute atomic E-state index is 14.5. The van der Waals surface area contributed by atoms with Crippen LogP contribution >= 0.6 is 11.6 Å². The van der Waals surface area contributed by atoms with E-state index in [2.05, 4.69) is 0 Å². The van der Waals surface area contributed by atoms with Crippen LogP contribution in [0.2, 0.25) is 5.02 Å². The van der Waals surface area contributed by atoms with Gasteiger partial charge in [-0.25, -0.2) is 9.59 Å². The van der Waals surface area contributed by atoms with Gasteiger partial charge in [-0.05, 0) is 47.5 Å². The van der Waals surface area contributed by atoms with Gasteiger partial charge in [-0.2, -0.15) is 13.2 Å². The van der Waals surface area contributed by atoms with E-state index in [1.807, 2.05) is 0 Å². The first kappa shape index (κ1) is 26.3. The van der Waals surface area contributed by atoms with E-state index in [0.29, 0.717) is 5.52 Å². The Bertz CT molecular complexity index is 1580. The number of aliphatic hydroxyl groups is 1. The monoisotopic (exact) mass is 534 g/mol. The Morgan fingerprint density at radius 2 is 1.65 bits per heavy atom. The number of carbonyl (C=O) groups is 1. The molecule has 11 heteroatoms. The Labute approximate surface area is 213 Å². The highest BCUT2D eigenvalue weighted by Crippen LogP contribution is 2.50. The van der Waals surface area contributed by atoms with Crippen LogP contribution < -0.4 is 10.4 Å². The minimum Gasteiger partial charge on any atom is -0.478 e. The van der Waals surface area contributed by atoms with Crippen molar-refractivity contribution in [3.63, 3.8) is 0 Å². The summed E-state index contributed by atoms with van der Waals surface area (Å²) in [4.78, 5) is 23.7. The molecule has 0 aliphatic heterocycles. The zero-order valence-corrected chi connectivity index (χ0v) is 20.6. The highest BCUT2D eigenvalue weighted by molar-refractivity contribution is 6.31. The van der Waals surface area contributed by atoms with Gasteiger partial charge < -0.3 is 14.9 Å². The third-order valence-corrected chi connectivity index (χ3v) is 6.88. The van der Waals surface area contributed by atoms with Crippen molar-refractivity contribution in [2.75, 3.05) is 0 Å². The lowest BCUT2D eigenvalue weighted by atomic mass is 9.77. The first-order chi connectivity index (χ1) is 17.3. The molecule has 4 aromatic rings. The van der Waals surface area contributed by atoms with Gasteiger partial charge in [0.25, 0.3) is 0 Å². The number of para-hydroxylation sites is 1. The quantitative estimate of drug-likeness (QED) is 0.337. The Morgan fingerprint density at radius 1 is 1.00 bits per heavy atom. The lowest BCUT2D eigenvalue weighted by Gasteiger charge is -2.37. The lowest BCUT2D eigenvalue weighted by molar-refractivity contribution is -0.274. The second-order valence-electron chi connectivity index (χ2n) is 8.68. The number of rotatable bonds is 6. The fourth-order valence-corrected chi connectivity index (χ4v) is 4.74. The minimum atomic E-state index is -5.10. The van der Waals surface area contributed by atoms with Crippen molar-refractivity contribution >= 4 is 28.6 Å². The molecule has 2 atom stereocenters. The molecule has 1 aromatic heterocycles. The number of halogens is 4. The second-order valence-corrected chi connectivity index (χ2v) is 9.08. The summed E-state index contributed by atoms with van der Waals surface area (Å²) in [5.41, 5.74) is -3.70. The summed E-state index contributed by atoms with van der Waals surface area (Å²) in [6.45, 7) is 1.20. The highest BCUT2D eigenvalue weighted by Gasteiger charge is 2.59. The van der Waals surface area contributed by atoms with E-state index < -0.39 is 34.9 Å². The molecule has 2 N–H and O–H groups in total. The number of fused-ring (bicyclic) bond motifs is 1. The van der Waals surface area contributed by atoms with E-state index in [0.717, 1.165) is 12.1 Å². The third kappa shape index (κ3) is 4.36. The predicted molar refractivity (Wildman–Crippen MR) is 131 cm³/mol. The molecule has 0 spiro atoms. The van der Waals surface area contributed by atoms with Crippen molar-refractivity contribution in [2.45, 2.75) is 24.6 Å². The number of hydrogen-bond acceptors (Lipinski definition) is 4. The molecule has 0 fully saturated rings. The first-order valence-corrected chi connectivity index (χ1v) is 11.4. The standard InChI is InChI=1S/C26H22ClF3N2O5/c1-14(17-10-9-16(13-19(17)27)37-22-7-5-4-6-18(22)23(33)34)25(36,26(28,29)30)15-8-11-20-21(12-15)32(3)24(35)31(20)2/h4-14,36H,1-3H3,(H,33,34). The Hall–Kier alpha value is -3.76. The summed E-state index contributed by atoms with van der Waals surface area (Å²) >= 11 is 6.36. The van der Waals surface area contributed by atoms with E-state index in [1.54, 1.807) is 6.07 Å². The molecular formula is C26H22ClF3N2O5. The van der Waals surface area contributed by atoms with Gasteiger partial charge in [-0.1, -0.05) is 42.8 Å². The molecule has 0 aliphatic carbocycles. The molecule has 0 radical (unpaired) electrons. The average molecular weight is 535 g/mol. The van der Waals surface area contributed by atoms with E-state index >= 15 is 0 Å². The normalized spacial score (nSPS) is 14.4. The van der Waals surface area contributed by atoms with Gasteiger partial charge in [0.2, 0.25) is 0 Å². The van der Waals surface area contributed by atoms with Crippen LogP contribution in [0.15, 0.2) is 65.5 Å². The van der Waals surface area contributed by atoms with Gasteiger partial charge in [0.05, 0.1) is 11.0 Å². The SMILES string of the molecule is CC(c1ccc(Oc2ccccc2C(=O)O)cc1Cl)C(O)(c1ccc2c(c1)n(C)c(=O)n2C)C(F)(F)F. The second kappa shape index (κ2) is 9.28. The number of ether oxygens (including phenoxy) is 1. The number of alkyl halides is 3. The van der Waals surface area contributed by atoms with Crippen LogP contribution in [0.5, 0.6) is 11.5 Å². The molecule has 194 valence electrons. The van der Waals surface area contributed by atoms with Crippen molar-refractivity contribution in [3.8, 4) is 11.5 Å². The maximum Gasteiger partial charge on any atom is 0.422 e. The number of imidazole rings is 1. The zero-order chi connectivity index (χ0) is 27.3. The Morgan fingerprint density at radius 3 is 2.27 bits per heavy atom. The summed E-state index contributed by atoms with van der Waals surface area (Å²) in [7, 11) is 2.93. The molecule has 4 rings (SSSR count). The van der Waals surface area contributed by atoms with Crippen molar-refractivity contribution in [3.05, 3.63) is 92.9 Å². The number of aromatic carboxylic acids is 1. The largest absolute Gasteiger partial charge is 0.478 e. The summed E-state index contributed by atoms with van der Waals surface area (Å²) < 4.78 is 51.6. The van der Waals surface area contributed by atoms with Crippen LogP contribution in [0.25, 0.3) is 11.0 Å². The van der Waals surface area contributed by atoms with E-state index in [9.17, 15) is 33.0 Å². The molecule has 0 saturated heterocycles. The fraction of sp³-hybridized carbons (Fsp3) is 0.231. The summed E-state index contributed by atoms with van der Waals surface area (Å²) in [5, 5.41) is 20.4. The molecule has 0 saturated carbocycles. The first-order valence-electron chi connectivity index (χ1n) is 11.0. The van der Waals surface area contributed by atoms with Crippen molar-refractivity contribution in [1.82, 2.24) is 9.13 Å². The number of carboxylic acid groups (broad SMARTS) is 1. The van der Waals surface area contributed by atoms with Crippen molar-refractivity contribution in [2.24, 2.45) is 14.1 Å². The number of hydrogen-bond donors (Lipinski definition) is 2. The summed E-state index contributed by atoms with van der Waals surface area (Å²) in [6, 6.07) is 13.4. The maximum atomic E-state index is 14.5. The van der Waals surface area contributed by atoms with Crippen molar-refractivity contribution in [1.29, 1.82) is 0 Å². The third-order valence-electron chi connectivity index (χ3n) is 6.55. The van der Waals surface area contributed by atoms with Gasteiger partial charge in [0.1, 0.15) is 17.1 Å². The van der Waals surface area contributed by atoms with E-state index in [1.165, 1.54) is 72.6 Å². The fourth-order valence-electron chi connectivity index (χ4n) is 4.41. The molecule has 3 aromatic carbocycles. The van der Waals surface area contributed by atoms with Gasteiger partial charge in [0, 0.05) is 25.0 Å². The smallest absolute Gasteiger partial charge is 0.422 e. The minimum absolute atomic E-state index is 0.0117. The molecular weight excluding hydrogens is 513 g/mol. The van der Waals surface area contributed by atoms with Gasteiger partial charge in [0.15, 0.2) is 5.60 Å². The molecule has 37 heavy (non-hydrogen) atoms. The number of aryl methyl sites for hydroxylation is 2. The van der Waals surface area contributed by atoms with Crippen molar-refractivity contribution < 1.29 is 32.9 Å². The predicted octanol–water partition coefficient (Wildman–Crippen LogP) is 5.57. The molecule has 7 nitrogen and oxygen atoms in total. The molecule has 1 heterocycles. The molecule has 0 aliphatic rings. The Balaban J connectivity index is 1.77. The topological polar surface area (TPSA) is 93.7 Å². The molecule has 0 amide bonds. The number of benzene rings is 3.